The number of nitrogens with zero attached hydrogens (tertiary/aromatic N) is 3. The van der Waals surface area contributed by atoms with Gasteiger partial charge in [0, 0.05) is 12.6 Å². The van der Waals surface area contributed by atoms with Crippen molar-refractivity contribution in [2.24, 2.45) is 0 Å². The van der Waals surface area contributed by atoms with Crippen molar-refractivity contribution in [2.45, 2.75) is 31.7 Å². The van der Waals surface area contributed by atoms with Gasteiger partial charge in [-0.1, -0.05) is 36.3 Å². The maximum atomic E-state index is 12.9. The van der Waals surface area contributed by atoms with Crippen LogP contribution in [-0.4, -0.2) is 37.0 Å². The number of aromatic nitrogens is 2. The van der Waals surface area contributed by atoms with E-state index >= 15 is 0 Å². The number of methoxy groups -OCH3 is 1. The van der Waals surface area contributed by atoms with Crippen LogP contribution in [0.25, 0.3) is 11.4 Å². The van der Waals surface area contributed by atoms with Crippen LogP contribution >= 0.6 is 0 Å². The predicted molar refractivity (Wildman–Crippen MR) is 105 cm³/mol. The second-order valence-electron chi connectivity index (χ2n) is 6.41. The molecule has 3 aromatic rings. The minimum atomic E-state index is -3.71. The molecule has 0 unspecified atom stereocenters. The third-order valence-corrected chi connectivity index (χ3v) is 6.35. The summed E-state index contributed by atoms with van der Waals surface area (Å²) in [5, 5.41) is 3.98. The average molecular weight is 401 g/mol. The maximum Gasteiger partial charge on any atom is 0.243 e. The molecule has 0 aliphatic carbocycles. The van der Waals surface area contributed by atoms with Crippen LogP contribution in [0.1, 0.15) is 23.9 Å². The molecular formula is C20H23N3O4S. The average Bonchev–Trinajstić information content (AvgIpc) is 3.15. The van der Waals surface area contributed by atoms with Gasteiger partial charge in [-0.15, -0.1) is 0 Å². The number of hydrogen-bond donors (Lipinski definition) is 0. The molecule has 0 amide bonds. The lowest BCUT2D eigenvalue weighted by atomic mass is 10.1. The topological polar surface area (TPSA) is 85.5 Å². The summed E-state index contributed by atoms with van der Waals surface area (Å²) in [5.41, 5.74) is 2.70. The van der Waals surface area contributed by atoms with Crippen molar-refractivity contribution in [3.8, 4) is 17.1 Å². The van der Waals surface area contributed by atoms with Gasteiger partial charge >= 0.3 is 0 Å². The van der Waals surface area contributed by atoms with Crippen LogP contribution in [-0.2, 0) is 23.0 Å². The zero-order valence-corrected chi connectivity index (χ0v) is 17.2. The molecule has 1 heterocycles. The first-order chi connectivity index (χ1) is 13.4. The predicted octanol–water partition coefficient (Wildman–Crippen LogP) is 3.44. The Bertz CT molecular complexity index is 1080. The lowest BCUT2D eigenvalue weighted by Crippen LogP contribution is -2.26. The Hall–Kier alpha value is -2.71. The molecule has 0 bridgehead atoms. The fraction of sp³-hybridized carbons (Fsp3) is 0.300. The molecule has 148 valence electrons. The molecular weight excluding hydrogens is 378 g/mol. The summed E-state index contributed by atoms with van der Waals surface area (Å²) in [6.07, 6.45) is 0.666. The minimum Gasteiger partial charge on any atom is -0.496 e. The highest BCUT2D eigenvalue weighted by Crippen LogP contribution is 2.25. The summed E-state index contributed by atoms with van der Waals surface area (Å²) >= 11 is 0. The van der Waals surface area contributed by atoms with Crippen molar-refractivity contribution in [3.63, 3.8) is 0 Å². The van der Waals surface area contributed by atoms with Crippen molar-refractivity contribution in [2.75, 3.05) is 14.2 Å². The van der Waals surface area contributed by atoms with E-state index in [2.05, 4.69) is 10.1 Å². The number of hydrogen-bond acceptors (Lipinski definition) is 6. The molecule has 0 atom stereocenters. The van der Waals surface area contributed by atoms with E-state index in [1.807, 2.05) is 38.1 Å². The van der Waals surface area contributed by atoms with Crippen molar-refractivity contribution in [1.82, 2.24) is 14.4 Å². The lowest BCUT2D eigenvalue weighted by molar-refractivity contribution is 0.336. The molecule has 0 spiro atoms. The van der Waals surface area contributed by atoms with Crippen LogP contribution in [0, 0.1) is 6.92 Å². The SMILES string of the molecule is CCc1cc(S(=O)(=O)N(C)Cc2nc(-c3ccccc3C)no2)ccc1OC. The van der Waals surface area contributed by atoms with Gasteiger partial charge < -0.3 is 9.26 Å². The van der Waals surface area contributed by atoms with E-state index in [9.17, 15) is 8.42 Å². The summed E-state index contributed by atoms with van der Waals surface area (Å²) in [7, 11) is -0.654. The highest BCUT2D eigenvalue weighted by Gasteiger charge is 2.24. The third kappa shape index (κ3) is 3.93. The molecule has 28 heavy (non-hydrogen) atoms. The first kappa shape index (κ1) is 20.0. The quantitative estimate of drug-likeness (QED) is 0.603. The van der Waals surface area contributed by atoms with Crippen molar-refractivity contribution >= 4 is 10.0 Å². The van der Waals surface area contributed by atoms with Crippen LogP contribution in [0.5, 0.6) is 5.75 Å². The number of sulfonamides is 1. The molecule has 0 saturated heterocycles. The van der Waals surface area contributed by atoms with Crippen LogP contribution < -0.4 is 4.74 Å². The molecule has 0 radical (unpaired) electrons. The smallest absolute Gasteiger partial charge is 0.243 e. The Morgan fingerprint density at radius 1 is 1.18 bits per heavy atom. The maximum absolute atomic E-state index is 12.9. The third-order valence-electron chi connectivity index (χ3n) is 4.55. The highest BCUT2D eigenvalue weighted by molar-refractivity contribution is 7.89. The molecule has 3 rings (SSSR count). The highest BCUT2D eigenvalue weighted by atomic mass is 32.2. The van der Waals surface area contributed by atoms with Gasteiger partial charge in [0.1, 0.15) is 5.75 Å². The van der Waals surface area contributed by atoms with E-state index in [-0.39, 0.29) is 17.3 Å². The van der Waals surface area contributed by atoms with Gasteiger partial charge in [0.25, 0.3) is 0 Å². The van der Waals surface area contributed by atoms with E-state index in [1.54, 1.807) is 19.2 Å². The van der Waals surface area contributed by atoms with E-state index in [0.717, 1.165) is 16.7 Å². The summed E-state index contributed by atoms with van der Waals surface area (Å²) in [6, 6.07) is 12.5. The largest absolute Gasteiger partial charge is 0.496 e. The number of rotatable bonds is 7. The monoisotopic (exact) mass is 401 g/mol. The lowest BCUT2D eigenvalue weighted by Gasteiger charge is -2.16. The van der Waals surface area contributed by atoms with Crippen LogP contribution in [0.4, 0.5) is 0 Å². The zero-order valence-electron chi connectivity index (χ0n) is 16.3. The summed E-state index contributed by atoms with van der Waals surface area (Å²) in [4.78, 5) is 4.55. The van der Waals surface area contributed by atoms with Crippen molar-refractivity contribution in [3.05, 3.63) is 59.5 Å². The van der Waals surface area contributed by atoms with Gasteiger partial charge in [0.05, 0.1) is 18.6 Å². The number of benzene rings is 2. The van der Waals surface area contributed by atoms with Crippen molar-refractivity contribution in [1.29, 1.82) is 0 Å². The van der Waals surface area contributed by atoms with Gasteiger partial charge in [-0.25, -0.2) is 8.42 Å². The fourth-order valence-corrected chi connectivity index (χ4v) is 4.07. The second-order valence-corrected chi connectivity index (χ2v) is 8.46. The van der Waals surface area contributed by atoms with Gasteiger partial charge in [-0.3, -0.25) is 0 Å². The Kier molecular flexibility index (Phi) is 5.81. The number of aryl methyl sites for hydroxylation is 2. The first-order valence-corrected chi connectivity index (χ1v) is 10.3. The van der Waals surface area contributed by atoms with Gasteiger partial charge in [0.2, 0.25) is 21.7 Å². The normalized spacial score (nSPS) is 11.8. The number of ether oxygens (including phenoxy) is 1. The standard InChI is InChI=1S/C20H23N3O4S/c1-5-15-12-16(10-11-18(15)26-4)28(24,25)23(3)13-19-21-20(22-27-19)17-9-7-6-8-14(17)2/h6-12H,5,13H2,1-4H3. The molecule has 0 aliphatic heterocycles. The Morgan fingerprint density at radius 3 is 2.61 bits per heavy atom. The summed E-state index contributed by atoms with van der Waals surface area (Å²) < 4.78 is 37.6. The molecule has 0 fully saturated rings. The van der Waals surface area contributed by atoms with Crippen LogP contribution in [0.2, 0.25) is 0 Å². The molecule has 0 N–H and O–H groups in total. The van der Waals surface area contributed by atoms with Crippen LogP contribution in [0.3, 0.4) is 0 Å². The molecule has 0 aliphatic rings. The van der Waals surface area contributed by atoms with Crippen LogP contribution in [0.15, 0.2) is 51.9 Å². The van der Waals surface area contributed by atoms with E-state index in [4.69, 9.17) is 9.26 Å². The van der Waals surface area contributed by atoms with E-state index in [1.165, 1.54) is 17.4 Å². The van der Waals surface area contributed by atoms with E-state index in [0.29, 0.717) is 18.0 Å². The summed E-state index contributed by atoms with van der Waals surface area (Å²) in [6.45, 7) is 3.88. The Balaban J connectivity index is 1.83. The molecule has 7 nitrogen and oxygen atoms in total. The van der Waals surface area contributed by atoms with Gasteiger partial charge in [-0.2, -0.15) is 9.29 Å². The molecule has 1 aromatic heterocycles. The molecule has 8 heteroatoms. The Morgan fingerprint density at radius 2 is 1.93 bits per heavy atom. The second kappa shape index (κ2) is 8.12. The minimum absolute atomic E-state index is 0.0191. The molecule has 0 saturated carbocycles. The molecule has 2 aromatic carbocycles. The summed E-state index contributed by atoms with van der Waals surface area (Å²) in [5.74, 6) is 1.34. The van der Waals surface area contributed by atoms with Crippen molar-refractivity contribution < 1.29 is 17.7 Å². The first-order valence-electron chi connectivity index (χ1n) is 8.88. The van der Waals surface area contributed by atoms with Gasteiger partial charge in [0.15, 0.2) is 0 Å². The fourth-order valence-electron chi connectivity index (χ4n) is 2.90. The zero-order chi connectivity index (χ0) is 20.3. The van der Waals surface area contributed by atoms with E-state index < -0.39 is 10.0 Å². The Labute approximate surface area is 165 Å². The van der Waals surface area contributed by atoms with Gasteiger partial charge in [-0.05, 0) is 42.7 Å².